The third-order valence-corrected chi connectivity index (χ3v) is 5.94. The number of aromatic nitrogens is 2. The Balaban J connectivity index is 1.64. The highest BCUT2D eigenvalue weighted by atomic mass is 16.2. The molecular formula is C21H28N6O. The van der Waals surface area contributed by atoms with Crippen LogP contribution in [-0.4, -0.2) is 65.9 Å². The minimum absolute atomic E-state index is 0.0998. The van der Waals surface area contributed by atoms with Gasteiger partial charge in [-0.1, -0.05) is 24.3 Å². The topological polar surface area (TPSA) is 78.6 Å². The molecule has 2 aromatic rings. The molecule has 0 spiro atoms. The molecule has 1 aromatic carbocycles. The fourth-order valence-electron chi connectivity index (χ4n) is 4.70. The summed E-state index contributed by atoms with van der Waals surface area (Å²) in [6, 6.07) is 10.4. The Morgan fingerprint density at radius 2 is 2.00 bits per heavy atom. The molecule has 3 atom stereocenters. The number of nitrogens with zero attached hydrogens (tertiary/aromatic N) is 5. The molecule has 0 unspecified atom stereocenters. The van der Waals surface area contributed by atoms with E-state index in [1.165, 1.54) is 17.5 Å². The van der Waals surface area contributed by atoms with E-state index in [9.17, 15) is 4.79 Å². The van der Waals surface area contributed by atoms with Crippen LogP contribution in [0.5, 0.6) is 0 Å². The lowest BCUT2D eigenvalue weighted by Crippen LogP contribution is -2.40. The number of hydrogen-bond donors (Lipinski definition) is 1. The van der Waals surface area contributed by atoms with Gasteiger partial charge in [0.2, 0.25) is 5.91 Å². The van der Waals surface area contributed by atoms with Crippen molar-refractivity contribution in [2.45, 2.75) is 13.0 Å². The lowest BCUT2D eigenvalue weighted by atomic mass is 9.87. The van der Waals surface area contributed by atoms with E-state index in [0.29, 0.717) is 24.2 Å². The van der Waals surface area contributed by atoms with Crippen molar-refractivity contribution in [2.75, 3.05) is 50.9 Å². The molecule has 3 heterocycles. The summed E-state index contributed by atoms with van der Waals surface area (Å²) in [6.07, 6.45) is 1.52. The number of hydrogen-bond acceptors (Lipinski definition) is 6. The fourth-order valence-corrected chi connectivity index (χ4v) is 4.70. The van der Waals surface area contributed by atoms with E-state index < -0.39 is 0 Å². The second kappa shape index (κ2) is 7.39. The van der Waals surface area contributed by atoms with Crippen molar-refractivity contribution < 1.29 is 4.79 Å². The summed E-state index contributed by atoms with van der Waals surface area (Å²) in [5.41, 5.74) is 8.35. The number of benzene rings is 1. The van der Waals surface area contributed by atoms with Gasteiger partial charge in [-0.15, -0.1) is 0 Å². The Labute approximate surface area is 166 Å². The Bertz CT molecular complexity index is 869. The first-order chi connectivity index (χ1) is 13.4. The van der Waals surface area contributed by atoms with E-state index in [4.69, 9.17) is 5.73 Å². The van der Waals surface area contributed by atoms with Crippen molar-refractivity contribution >= 4 is 17.5 Å². The summed E-state index contributed by atoms with van der Waals surface area (Å²) in [5, 5.41) is 0. The Hall–Kier alpha value is -2.67. The van der Waals surface area contributed by atoms with Gasteiger partial charge in [0.05, 0.1) is 12.6 Å². The molecule has 2 aliphatic rings. The van der Waals surface area contributed by atoms with Crippen LogP contribution < -0.4 is 10.6 Å². The summed E-state index contributed by atoms with van der Waals surface area (Å²) < 4.78 is 0. The predicted octanol–water partition coefficient (Wildman–Crippen LogP) is 1.56. The van der Waals surface area contributed by atoms with Gasteiger partial charge < -0.3 is 20.4 Å². The van der Waals surface area contributed by atoms with Crippen LogP contribution in [-0.2, 0) is 4.79 Å². The number of fused-ring (bicyclic) bond motifs is 1. The minimum Gasteiger partial charge on any atom is -0.384 e. The van der Waals surface area contributed by atoms with E-state index in [-0.39, 0.29) is 11.9 Å². The zero-order chi connectivity index (χ0) is 19.8. The fraction of sp³-hybridized carbons (Fsp3) is 0.476. The Kier molecular flexibility index (Phi) is 4.93. The summed E-state index contributed by atoms with van der Waals surface area (Å²) >= 11 is 0. The number of rotatable bonds is 4. The van der Waals surface area contributed by atoms with E-state index >= 15 is 0 Å². The van der Waals surface area contributed by atoms with Crippen LogP contribution in [0.3, 0.4) is 0 Å². The zero-order valence-corrected chi connectivity index (χ0v) is 16.7. The smallest absolute Gasteiger partial charge is 0.237 e. The van der Waals surface area contributed by atoms with Crippen molar-refractivity contribution in [3.8, 4) is 0 Å². The van der Waals surface area contributed by atoms with Gasteiger partial charge in [-0.05, 0) is 32.1 Å². The van der Waals surface area contributed by atoms with Crippen molar-refractivity contribution in [3.05, 3.63) is 47.8 Å². The van der Waals surface area contributed by atoms with Crippen molar-refractivity contribution in [2.24, 2.45) is 11.8 Å². The maximum Gasteiger partial charge on any atom is 0.237 e. The maximum atomic E-state index is 13.0. The number of nitrogen functional groups attached to an aromatic ring is 1. The van der Waals surface area contributed by atoms with Gasteiger partial charge in [0.15, 0.2) is 0 Å². The average Bonchev–Trinajstić information content (AvgIpc) is 3.20. The maximum absolute atomic E-state index is 13.0. The van der Waals surface area contributed by atoms with Crippen LogP contribution in [0.25, 0.3) is 0 Å². The number of carbonyl (C=O) groups is 1. The number of carbonyl (C=O) groups excluding carboxylic acids is 1. The molecule has 2 aliphatic heterocycles. The summed E-state index contributed by atoms with van der Waals surface area (Å²) in [6.45, 7) is 5.11. The van der Waals surface area contributed by atoms with Crippen LogP contribution in [0.4, 0.5) is 11.6 Å². The number of nitrogens with two attached hydrogens (primary N) is 1. The van der Waals surface area contributed by atoms with E-state index in [2.05, 4.69) is 51.0 Å². The highest BCUT2D eigenvalue weighted by Gasteiger charge is 2.49. The molecule has 2 saturated heterocycles. The van der Waals surface area contributed by atoms with E-state index in [0.717, 1.165) is 25.5 Å². The molecule has 7 nitrogen and oxygen atoms in total. The molecule has 28 heavy (non-hydrogen) atoms. The van der Waals surface area contributed by atoms with Crippen molar-refractivity contribution in [1.82, 2.24) is 19.8 Å². The molecule has 2 N–H and O–H groups in total. The molecule has 0 aliphatic carbocycles. The quantitative estimate of drug-likeness (QED) is 0.867. The largest absolute Gasteiger partial charge is 0.384 e. The molecule has 0 saturated carbocycles. The number of aryl methyl sites for hydroxylation is 1. The number of amides is 1. The summed E-state index contributed by atoms with van der Waals surface area (Å²) in [5.74, 6) is 2.36. The number of likely N-dealkylation sites (tertiary alicyclic amines) is 1. The summed E-state index contributed by atoms with van der Waals surface area (Å²) in [4.78, 5) is 27.8. The third kappa shape index (κ3) is 3.42. The van der Waals surface area contributed by atoms with Gasteiger partial charge >= 0.3 is 0 Å². The first-order valence-corrected chi connectivity index (χ1v) is 9.76. The van der Waals surface area contributed by atoms with Crippen LogP contribution in [0.1, 0.15) is 17.2 Å². The van der Waals surface area contributed by atoms with Gasteiger partial charge in [0.25, 0.3) is 0 Å². The minimum atomic E-state index is 0.0998. The summed E-state index contributed by atoms with van der Waals surface area (Å²) in [7, 11) is 3.89. The Morgan fingerprint density at radius 3 is 2.71 bits per heavy atom. The van der Waals surface area contributed by atoms with Crippen LogP contribution in [0.2, 0.25) is 0 Å². The SMILES string of the molecule is Cc1ccccc1[C@H]1[C@@H]2CN(c3cc(N)ncn3)C[C@@H]2CN1C(=O)CN(C)C. The van der Waals surface area contributed by atoms with Gasteiger partial charge in [-0.2, -0.15) is 0 Å². The highest BCUT2D eigenvalue weighted by Crippen LogP contribution is 2.46. The van der Waals surface area contributed by atoms with Gasteiger partial charge in [-0.25, -0.2) is 9.97 Å². The number of likely N-dealkylation sites (N-methyl/N-ethyl adjacent to an activating group) is 1. The molecule has 4 rings (SSSR count). The van der Waals surface area contributed by atoms with Gasteiger partial charge in [0, 0.05) is 37.5 Å². The van der Waals surface area contributed by atoms with E-state index in [1.54, 1.807) is 0 Å². The molecule has 0 bridgehead atoms. The molecule has 1 aromatic heterocycles. The molecule has 0 radical (unpaired) electrons. The Morgan fingerprint density at radius 1 is 1.21 bits per heavy atom. The van der Waals surface area contributed by atoms with Gasteiger partial charge in [0.1, 0.15) is 18.0 Å². The molecular weight excluding hydrogens is 352 g/mol. The first-order valence-electron chi connectivity index (χ1n) is 9.76. The average molecular weight is 380 g/mol. The molecule has 148 valence electrons. The van der Waals surface area contributed by atoms with Crippen LogP contribution in [0.15, 0.2) is 36.7 Å². The zero-order valence-electron chi connectivity index (χ0n) is 16.7. The van der Waals surface area contributed by atoms with Crippen LogP contribution in [0, 0.1) is 18.8 Å². The first kappa shape index (κ1) is 18.7. The predicted molar refractivity (Wildman–Crippen MR) is 110 cm³/mol. The third-order valence-electron chi connectivity index (χ3n) is 5.94. The van der Waals surface area contributed by atoms with Crippen molar-refractivity contribution in [3.63, 3.8) is 0 Å². The lowest BCUT2D eigenvalue weighted by molar-refractivity contribution is -0.133. The standard InChI is InChI=1S/C21H28N6O/c1-14-6-4-5-7-16(14)21-17-11-26(19-8-18(22)23-13-24-19)9-15(17)10-27(21)20(28)12-25(2)3/h4-8,13,15,17,21H,9-12H2,1-3H3,(H2,22,23,24)/t15-,17-,21+/m1/s1. The lowest BCUT2D eigenvalue weighted by Gasteiger charge is -2.32. The second-order valence-corrected chi connectivity index (χ2v) is 8.22. The highest BCUT2D eigenvalue weighted by molar-refractivity contribution is 5.79. The molecule has 2 fully saturated rings. The van der Waals surface area contributed by atoms with Crippen molar-refractivity contribution in [1.29, 1.82) is 0 Å². The number of anilines is 2. The van der Waals surface area contributed by atoms with E-state index in [1.807, 2.05) is 25.1 Å². The molecule has 7 heteroatoms. The van der Waals surface area contributed by atoms with Gasteiger partial charge in [-0.3, -0.25) is 4.79 Å². The molecule has 1 amide bonds. The monoisotopic (exact) mass is 380 g/mol. The normalized spacial score (nSPS) is 24.1. The van der Waals surface area contributed by atoms with Crippen LogP contribution >= 0.6 is 0 Å². The second-order valence-electron chi connectivity index (χ2n) is 8.22.